The molecule has 0 saturated heterocycles. The van der Waals surface area contributed by atoms with E-state index in [1.807, 2.05) is 72.9 Å². The van der Waals surface area contributed by atoms with Gasteiger partial charge < -0.3 is 11.1 Å². The van der Waals surface area contributed by atoms with Crippen molar-refractivity contribution in [2.24, 2.45) is 11.6 Å². The maximum absolute atomic E-state index is 6.23. The summed E-state index contributed by atoms with van der Waals surface area (Å²) in [4.78, 5) is 0. The number of para-hydroxylation sites is 1. The molecule has 1 heterocycles. The minimum absolute atomic E-state index is 0.639. The Morgan fingerprint density at radius 1 is 0.957 bits per heavy atom. The van der Waals surface area contributed by atoms with Gasteiger partial charge in [0.25, 0.3) is 0 Å². The normalized spacial score (nSPS) is 16.1. The molecular formula is C18H17BrN4. The van der Waals surface area contributed by atoms with Crippen LogP contribution in [-0.2, 0) is 0 Å². The SMILES string of the molecule is N/C(=C1/C=CC(Nc2ccccc2Br)=CN1N)c1ccccc1. The van der Waals surface area contributed by atoms with E-state index in [9.17, 15) is 0 Å². The zero-order valence-corrected chi connectivity index (χ0v) is 14.0. The molecule has 0 bridgehead atoms. The molecule has 0 spiro atoms. The smallest absolute Gasteiger partial charge is 0.0805 e. The largest absolute Gasteiger partial charge is 0.397 e. The predicted molar refractivity (Wildman–Crippen MR) is 98.6 cm³/mol. The third-order valence-electron chi connectivity index (χ3n) is 3.49. The minimum atomic E-state index is 0.639. The van der Waals surface area contributed by atoms with Crippen LogP contribution in [0.2, 0.25) is 0 Å². The van der Waals surface area contributed by atoms with Gasteiger partial charge in [0.1, 0.15) is 0 Å². The summed E-state index contributed by atoms with van der Waals surface area (Å²) in [7, 11) is 0. The van der Waals surface area contributed by atoms with Crippen molar-refractivity contribution >= 4 is 27.3 Å². The van der Waals surface area contributed by atoms with Gasteiger partial charge in [0.15, 0.2) is 0 Å². The van der Waals surface area contributed by atoms with Gasteiger partial charge in [-0.25, -0.2) is 5.84 Å². The molecule has 2 aromatic rings. The van der Waals surface area contributed by atoms with Crippen molar-refractivity contribution in [1.29, 1.82) is 0 Å². The van der Waals surface area contributed by atoms with Crippen LogP contribution in [0.4, 0.5) is 5.69 Å². The number of hydrogen-bond acceptors (Lipinski definition) is 4. The van der Waals surface area contributed by atoms with Crippen molar-refractivity contribution in [3.63, 3.8) is 0 Å². The van der Waals surface area contributed by atoms with Gasteiger partial charge >= 0.3 is 0 Å². The van der Waals surface area contributed by atoms with Crippen LogP contribution in [0.25, 0.3) is 5.70 Å². The molecule has 0 amide bonds. The fourth-order valence-corrected chi connectivity index (χ4v) is 2.69. The lowest BCUT2D eigenvalue weighted by Crippen LogP contribution is -2.29. The molecule has 0 aromatic heterocycles. The van der Waals surface area contributed by atoms with Gasteiger partial charge in [0.2, 0.25) is 0 Å². The summed E-state index contributed by atoms with van der Waals surface area (Å²) >= 11 is 3.52. The summed E-state index contributed by atoms with van der Waals surface area (Å²) in [5.74, 6) is 6.12. The molecule has 4 nitrogen and oxygen atoms in total. The first-order chi connectivity index (χ1) is 11.1. The van der Waals surface area contributed by atoms with E-state index in [2.05, 4.69) is 21.2 Å². The molecule has 1 aliphatic rings. The Kier molecular flexibility index (Phi) is 4.50. The van der Waals surface area contributed by atoms with Crippen molar-refractivity contribution in [2.75, 3.05) is 5.32 Å². The molecule has 5 heteroatoms. The maximum Gasteiger partial charge on any atom is 0.0805 e. The zero-order chi connectivity index (χ0) is 16.2. The molecule has 23 heavy (non-hydrogen) atoms. The summed E-state index contributed by atoms with van der Waals surface area (Å²) in [5, 5.41) is 4.85. The highest BCUT2D eigenvalue weighted by molar-refractivity contribution is 9.10. The number of anilines is 1. The Morgan fingerprint density at radius 3 is 2.35 bits per heavy atom. The Bertz CT molecular complexity index is 794. The topological polar surface area (TPSA) is 67.3 Å². The van der Waals surface area contributed by atoms with Crippen LogP contribution in [0, 0.1) is 0 Å². The molecule has 0 aliphatic carbocycles. The Labute approximate surface area is 143 Å². The van der Waals surface area contributed by atoms with Crippen molar-refractivity contribution in [2.45, 2.75) is 0 Å². The number of nitrogens with one attached hydrogen (secondary N) is 1. The van der Waals surface area contributed by atoms with E-state index in [0.29, 0.717) is 5.70 Å². The van der Waals surface area contributed by atoms with E-state index in [-0.39, 0.29) is 0 Å². The van der Waals surface area contributed by atoms with Crippen molar-refractivity contribution in [3.8, 4) is 0 Å². The first-order valence-corrected chi connectivity index (χ1v) is 7.95. The molecule has 2 aromatic carbocycles. The number of allylic oxidation sites excluding steroid dienone is 2. The third-order valence-corrected chi connectivity index (χ3v) is 4.18. The summed E-state index contributed by atoms with van der Waals surface area (Å²) in [6.45, 7) is 0. The summed E-state index contributed by atoms with van der Waals surface area (Å²) < 4.78 is 0.989. The van der Waals surface area contributed by atoms with Crippen LogP contribution in [0.1, 0.15) is 5.56 Å². The standard InChI is InChI=1S/C18H17BrN4/c19-15-8-4-5-9-16(15)22-14-10-11-17(23(21)12-14)18(20)13-6-2-1-3-7-13/h1-12,22H,20-21H2/b18-17-. The van der Waals surface area contributed by atoms with Crippen LogP contribution in [0.5, 0.6) is 0 Å². The second-order valence-electron chi connectivity index (χ2n) is 5.09. The predicted octanol–water partition coefficient (Wildman–Crippen LogP) is 3.78. The monoisotopic (exact) mass is 368 g/mol. The molecule has 3 rings (SSSR count). The minimum Gasteiger partial charge on any atom is -0.397 e. The number of hydrogen-bond donors (Lipinski definition) is 3. The number of benzene rings is 2. The van der Waals surface area contributed by atoms with Gasteiger partial charge in [-0.1, -0.05) is 42.5 Å². The molecule has 0 atom stereocenters. The molecule has 116 valence electrons. The van der Waals surface area contributed by atoms with Crippen molar-refractivity contribution < 1.29 is 0 Å². The van der Waals surface area contributed by atoms with E-state index in [1.54, 1.807) is 0 Å². The highest BCUT2D eigenvalue weighted by Gasteiger charge is 2.12. The molecular weight excluding hydrogens is 352 g/mol. The fourth-order valence-electron chi connectivity index (χ4n) is 2.30. The quantitative estimate of drug-likeness (QED) is 0.721. The highest BCUT2D eigenvalue weighted by atomic mass is 79.9. The fraction of sp³-hybridized carbons (Fsp3) is 0. The molecule has 1 aliphatic heterocycles. The molecule has 5 N–H and O–H groups in total. The van der Waals surface area contributed by atoms with Gasteiger partial charge in [-0.3, -0.25) is 5.01 Å². The summed E-state index contributed by atoms with van der Waals surface area (Å²) in [5.41, 5.74) is 10.4. The second kappa shape index (κ2) is 6.73. The number of nitrogens with zero attached hydrogens (tertiary/aromatic N) is 1. The number of hydrazine groups is 1. The van der Waals surface area contributed by atoms with Crippen LogP contribution >= 0.6 is 15.9 Å². The van der Waals surface area contributed by atoms with Gasteiger partial charge in [-0.2, -0.15) is 0 Å². The van der Waals surface area contributed by atoms with Crippen molar-refractivity contribution in [3.05, 3.63) is 94.4 Å². The van der Waals surface area contributed by atoms with Crippen LogP contribution in [-0.4, -0.2) is 5.01 Å². The van der Waals surface area contributed by atoms with E-state index >= 15 is 0 Å². The Hall–Kier alpha value is -2.50. The average Bonchev–Trinajstić information content (AvgIpc) is 2.57. The molecule has 0 saturated carbocycles. The first-order valence-electron chi connectivity index (χ1n) is 7.16. The Morgan fingerprint density at radius 2 is 1.65 bits per heavy atom. The van der Waals surface area contributed by atoms with Gasteiger partial charge in [0.05, 0.1) is 22.8 Å². The molecule has 0 fully saturated rings. The van der Waals surface area contributed by atoms with Crippen LogP contribution in [0.15, 0.2) is 88.8 Å². The first kappa shape index (κ1) is 15.4. The van der Waals surface area contributed by atoms with E-state index in [1.165, 1.54) is 5.01 Å². The second-order valence-corrected chi connectivity index (χ2v) is 5.95. The lowest BCUT2D eigenvalue weighted by molar-refractivity contribution is 0.502. The summed E-state index contributed by atoms with van der Waals surface area (Å²) in [6, 6.07) is 17.7. The van der Waals surface area contributed by atoms with Crippen LogP contribution in [0.3, 0.4) is 0 Å². The van der Waals surface area contributed by atoms with Gasteiger partial charge in [-0.15, -0.1) is 0 Å². The van der Waals surface area contributed by atoms with Gasteiger partial charge in [-0.05, 0) is 45.8 Å². The number of halogens is 1. The van der Waals surface area contributed by atoms with E-state index < -0.39 is 0 Å². The molecule has 0 radical (unpaired) electrons. The number of rotatable bonds is 3. The van der Waals surface area contributed by atoms with Crippen LogP contribution < -0.4 is 16.9 Å². The average molecular weight is 369 g/mol. The zero-order valence-electron chi connectivity index (χ0n) is 12.4. The number of nitrogens with two attached hydrogens (primary N) is 2. The lowest BCUT2D eigenvalue weighted by Gasteiger charge is -2.23. The lowest BCUT2D eigenvalue weighted by atomic mass is 10.1. The summed E-state index contributed by atoms with van der Waals surface area (Å²) in [6.07, 6.45) is 5.67. The van der Waals surface area contributed by atoms with Gasteiger partial charge in [0, 0.05) is 10.7 Å². The Balaban J connectivity index is 1.83. The highest BCUT2D eigenvalue weighted by Crippen LogP contribution is 2.25. The van der Waals surface area contributed by atoms with E-state index in [4.69, 9.17) is 11.6 Å². The van der Waals surface area contributed by atoms with E-state index in [0.717, 1.165) is 27.1 Å². The third kappa shape index (κ3) is 3.47. The maximum atomic E-state index is 6.23. The molecule has 0 unspecified atom stereocenters. The van der Waals surface area contributed by atoms with Crippen molar-refractivity contribution in [1.82, 2.24) is 5.01 Å².